The van der Waals surface area contributed by atoms with E-state index in [9.17, 15) is 14.4 Å². The van der Waals surface area contributed by atoms with Crippen molar-refractivity contribution in [1.82, 2.24) is 14.8 Å². The van der Waals surface area contributed by atoms with Crippen LogP contribution in [0.4, 0.5) is 4.79 Å². The zero-order valence-electron chi connectivity index (χ0n) is 9.18. The maximum Gasteiger partial charge on any atom is 0.334 e. The van der Waals surface area contributed by atoms with Gasteiger partial charge in [0.2, 0.25) is 0 Å². The fourth-order valence-corrected chi connectivity index (χ4v) is 1.89. The molecule has 18 heavy (non-hydrogen) atoms. The molecule has 0 bridgehead atoms. The van der Waals surface area contributed by atoms with Gasteiger partial charge in [0.25, 0.3) is 0 Å². The lowest BCUT2D eigenvalue weighted by Gasteiger charge is -2.13. The number of amides is 4. The van der Waals surface area contributed by atoms with Gasteiger partial charge in [-0.3, -0.25) is 19.4 Å². The topological polar surface area (TPSA) is 70.6 Å². The zero-order chi connectivity index (χ0) is 13.4. The number of pyridine rings is 1. The van der Waals surface area contributed by atoms with E-state index in [1.54, 1.807) is 6.07 Å². The predicted octanol–water partition coefficient (Wildman–Crippen LogP) is 1.31. The maximum absolute atomic E-state index is 11.6. The predicted molar refractivity (Wildman–Crippen MR) is 63.0 cm³/mol. The summed E-state index contributed by atoms with van der Waals surface area (Å²) in [6.45, 7) is -0.114. The maximum atomic E-state index is 11.6. The second-order valence-corrected chi connectivity index (χ2v) is 4.37. The molecule has 0 atom stereocenters. The minimum Gasteiger partial charge on any atom is -0.263 e. The van der Waals surface area contributed by atoms with Gasteiger partial charge in [-0.15, -0.1) is 0 Å². The van der Waals surface area contributed by atoms with Gasteiger partial charge in [-0.2, -0.15) is 0 Å². The van der Waals surface area contributed by atoms with E-state index in [4.69, 9.17) is 23.2 Å². The van der Waals surface area contributed by atoms with Gasteiger partial charge in [-0.25, -0.2) is 9.78 Å². The van der Waals surface area contributed by atoms with Gasteiger partial charge in [0.05, 0.1) is 6.54 Å². The molecule has 0 spiro atoms. The monoisotopic (exact) mass is 287 g/mol. The molecule has 0 unspecified atom stereocenters. The largest absolute Gasteiger partial charge is 0.334 e. The van der Waals surface area contributed by atoms with Crippen molar-refractivity contribution in [3.05, 3.63) is 28.0 Å². The Bertz CT molecular complexity index is 561. The molecule has 1 aliphatic heterocycles. The Morgan fingerprint density at radius 3 is 2.33 bits per heavy atom. The molecule has 0 N–H and O–H groups in total. The van der Waals surface area contributed by atoms with Gasteiger partial charge >= 0.3 is 17.8 Å². The quantitative estimate of drug-likeness (QED) is 0.467. The third kappa shape index (κ3) is 2.04. The molecule has 8 heteroatoms. The Morgan fingerprint density at radius 2 is 1.83 bits per heavy atom. The van der Waals surface area contributed by atoms with Gasteiger partial charge in [-0.1, -0.05) is 29.3 Å². The van der Waals surface area contributed by atoms with Crippen LogP contribution in [0, 0.1) is 0 Å². The Kier molecular flexibility index (Phi) is 3.23. The molecular weight excluding hydrogens is 281 g/mol. The minimum atomic E-state index is -0.881. The van der Waals surface area contributed by atoms with Crippen molar-refractivity contribution >= 4 is 41.0 Å². The Labute approximate surface area is 112 Å². The smallest absolute Gasteiger partial charge is 0.263 e. The molecule has 6 nitrogen and oxygen atoms in total. The molecule has 0 aliphatic carbocycles. The average molecular weight is 288 g/mol. The van der Waals surface area contributed by atoms with Gasteiger partial charge in [0, 0.05) is 12.6 Å². The molecular formula is C10H7Cl2N3O3. The Balaban J connectivity index is 2.27. The number of imide groups is 2. The summed E-state index contributed by atoms with van der Waals surface area (Å²) in [6.07, 6.45) is 0. The van der Waals surface area contributed by atoms with Crippen LogP contribution in [-0.2, 0) is 16.1 Å². The summed E-state index contributed by atoms with van der Waals surface area (Å²) in [4.78, 5) is 39.8. The molecule has 2 rings (SSSR count). The molecule has 0 aromatic carbocycles. The van der Waals surface area contributed by atoms with E-state index in [1.165, 1.54) is 13.1 Å². The van der Waals surface area contributed by atoms with E-state index < -0.39 is 17.8 Å². The van der Waals surface area contributed by atoms with Crippen LogP contribution in [0.5, 0.6) is 0 Å². The molecule has 4 amide bonds. The first kappa shape index (κ1) is 12.8. The fraction of sp³-hybridized carbons (Fsp3) is 0.200. The molecule has 0 saturated carbocycles. The Morgan fingerprint density at radius 1 is 1.17 bits per heavy atom. The third-order valence-corrected chi connectivity index (χ3v) is 3.01. The number of halogens is 2. The normalized spacial score (nSPS) is 15.8. The molecule has 1 aromatic rings. The van der Waals surface area contributed by atoms with Crippen LogP contribution in [0.2, 0.25) is 10.3 Å². The molecule has 1 fully saturated rings. The molecule has 1 aromatic heterocycles. The van der Waals surface area contributed by atoms with E-state index in [0.717, 1.165) is 9.80 Å². The van der Waals surface area contributed by atoms with Crippen LogP contribution in [0.25, 0.3) is 0 Å². The molecule has 0 radical (unpaired) electrons. The van der Waals surface area contributed by atoms with Crippen molar-refractivity contribution in [3.63, 3.8) is 0 Å². The van der Waals surface area contributed by atoms with Crippen molar-refractivity contribution < 1.29 is 14.4 Å². The van der Waals surface area contributed by atoms with E-state index >= 15 is 0 Å². The number of carbonyl (C=O) groups excluding carboxylic acids is 3. The third-order valence-electron chi connectivity index (χ3n) is 2.47. The summed E-state index contributed by atoms with van der Waals surface area (Å²) in [5, 5.41) is 0.293. The lowest BCUT2D eigenvalue weighted by molar-refractivity contribution is -0.143. The van der Waals surface area contributed by atoms with Gasteiger partial charge in [-0.05, 0) is 6.07 Å². The van der Waals surface area contributed by atoms with Crippen LogP contribution < -0.4 is 0 Å². The van der Waals surface area contributed by atoms with Crippen LogP contribution in [0.15, 0.2) is 12.1 Å². The van der Waals surface area contributed by atoms with Crippen LogP contribution in [0.1, 0.15) is 5.56 Å². The van der Waals surface area contributed by atoms with Crippen molar-refractivity contribution in [2.24, 2.45) is 0 Å². The van der Waals surface area contributed by atoms with Crippen molar-refractivity contribution in [2.45, 2.75) is 6.54 Å². The summed E-state index contributed by atoms with van der Waals surface area (Å²) in [5.74, 6) is -1.74. The van der Waals surface area contributed by atoms with Gasteiger partial charge < -0.3 is 0 Å². The first-order valence-electron chi connectivity index (χ1n) is 4.86. The van der Waals surface area contributed by atoms with E-state index in [0.29, 0.717) is 5.56 Å². The first-order chi connectivity index (χ1) is 8.41. The molecule has 2 heterocycles. The van der Waals surface area contributed by atoms with E-state index in [1.807, 2.05) is 0 Å². The highest BCUT2D eigenvalue weighted by molar-refractivity contribution is 6.44. The number of carbonyl (C=O) groups is 3. The summed E-state index contributed by atoms with van der Waals surface area (Å²) < 4.78 is 0. The number of hydrogen-bond acceptors (Lipinski definition) is 4. The standard InChI is InChI=1S/C10H7Cl2N3O3/c1-14-8(16)9(17)15(10(14)18)4-5-2-3-6(11)13-7(5)12/h2-3H,4H2,1H3. The van der Waals surface area contributed by atoms with Crippen molar-refractivity contribution in [3.8, 4) is 0 Å². The van der Waals surface area contributed by atoms with Crippen molar-refractivity contribution in [2.75, 3.05) is 7.05 Å². The molecule has 1 aliphatic rings. The van der Waals surface area contributed by atoms with Crippen LogP contribution >= 0.6 is 23.2 Å². The Hall–Kier alpha value is -1.66. The van der Waals surface area contributed by atoms with Gasteiger partial charge in [0.1, 0.15) is 10.3 Å². The summed E-state index contributed by atoms with van der Waals surface area (Å²) in [6, 6.07) is 2.34. The van der Waals surface area contributed by atoms with E-state index in [2.05, 4.69) is 4.98 Å². The lowest BCUT2D eigenvalue weighted by Crippen LogP contribution is -2.31. The number of aromatic nitrogens is 1. The van der Waals surface area contributed by atoms with Crippen LogP contribution in [-0.4, -0.2) is 39.7 Å². The fourth-order valence-electron chi connectivity index (χ4n) is 1.48. The number of nitrogens with zero attached hydrogens (tertiary/aromatic N) is 3. The highest BCUT2D eigenvalue weighted by Crippen LogP contribution is 2.21. The average Bonchev–Trinajstić information content (AvgIpc) is 2.50. The molecule has 94 valence electrons. The molecule has 1 saturated heterocycles. The highest BCUT2D eigenvalue weighted by atomic mass is 35.5. The number of hydrogen-bond donors (Lipinski definition) is 0. The number of urea groups is 1. The zero-order valence-corrected chi connectivity index (χ0v) is 10.7. The second-order valence-electron chi connectivity index (χ2n) is 3.62. The minimum absolute atomic E-state index is 0.0881. The number of likely N-dealkylation sites (N-methyl/N-ethyl adjacent to an activating group) is 1. The second kappa shape index (κ2) is 4.55. The van der Waals surface area contributed by atoms with Crippen molar-refractivity contribution in [1.29, 1.82) is 0 Å². The first-order valence-corrected chi connectivity index (χ1v) is 5.62. The highest BCUT2D eigenvalue weighted by Gasteiger charge is 2.42. The van der Waals surface area contributed by atoms with Gasteiger partial charge in [0.15, 0.2) is 0 Å². The van der Waals surface area contributed by atoms with E-state index in [-0.39, 0.29) is 16.9 Å². The summed E-state index contributed by atoms with van der Waals surface area (Å²) in [5.41, 5.74) is 0.436. The number of rotatable bonds is 2. The van der Waals surface area contributed by atoms with Crippen LogP contribution in [0.3, 0.4) is 0 Å². The summed E-state index contributed by atoms with van der Waals surface area (Å²) >= 11 is 11.5. The SMILES string of the molecule is CN1C(=O)C(=O)N(Cc2ccc(Cl)nc2Cl)C1=O. The lowest BCUT2D eigenvalue weighted by atomic mass is 10.2. The summed E-state index contributed by atoms with van der Waals surface area (Å²) in [7, 11) is 1.24.